The summed E-state index contributed by atoms with van der Waals surface area (Å²) < 4.78 is 53.9. The molecule has 182 valence electrons. The Hall–Kier alpha value is -2.86. The maximum absolute atomic E-state index is 13.6. The van der Waals surface area contributed by atoms with Gasteiger partial charge in [-0.05, 0) is 23.8 Å². The fraction of sp³-hybridized carbons (Fsp3) is 0.250. The molecule has 3 rings (SSSR count). The molecule has 0 saturated carbocycles. The number of nitrogens with zero attached hydrogens (tertiary/aromatic N) is 4. The number of benzene rings is 1. The minimum absolute atomic E-state index is 0.0513. The van der Waals surface area contributed by atoms with Gasteiger partial charge in [-0.15, -0.1) is 0 Å². The monoisotopic (exact) mass is 514 g/mol. The molecule has 0 fully saturated rings. The number of nitrogens with one attached hydrogen (secondary N) is 2. The van der Waals surface area contributed by atoms with Gasteiger partial charge in [0.15, 0.2) is 8.38 Å². The molecule has 3 aromatic rings. The Morgan fingerprint density at radius 3 is 2.47 bits per heavy atom. The van der Waals surface area contributed by atoms with Gasteiger partial charge in [0, 0.05) is 49.7 Å². The first kappa shape index (κ1) is 25.8. The second-order valence-corrected chi connectivity index (χ2v) is 9.52. The van der Waals surface area contributed by atoms with Crippen molar-refractivity contribution in [3.63, 3.8) is 0 Å². The smallest absolute Gasteiger partial charge is 0.365 e. The number of hydrogen-bond acceptors (Lipinski definition) is 8. The number of rotatable bonds is 9. The van der Waals surface area contributed by atoms with Crippen molar-refractivity contribution in [3.8, 4) is 0 Å². The van der Waals surface area contributed by atoms with E-state index in [0.29, 0.717) is 28.8 Å². The summed E-state index contributed by atoms with van der Waals surface area (Å²) in [4.78, 5) is 30.2. The van der Waals surface area contributed by atoms with Crippen molar-refractivity contribution < 1.29 is 27.2 Å². The highest BCUT2D eigenvalue weighted by Crippen LogP contribution is 2.35. The normalized spacial score (nSPS) is 12.5. The quantitative estimate of drug-likeness (QED) is 0.318. The lowest BCUT2D eigenvalue weighted by Gasteiger charge is -2.19. The van der Waals surface area contributed by atoms with E-state index in [2.05, 4.69) is 25.6 Å². The standard InChI is InChI=1S/C20H22F3N6O3PS/c1-29(34(2)32)18-14(4-3-9-24-18)10-25-17-16(20(21,22)23)11-26-19(28-17)27-15-7-5-13(6-8-15)12-33(30)31/h3-9,11,30-31H,10,12H2,1-2H3,(H2,25,26,27,28). The molecule has 4 N–H and O–H groups in total. The molecule has 0 saturated heterocycles. The van der Waals surface area contributed by atoms with Gasteiger partial charge in [0.05, 0.1) is 0 Å². The Morgan fingerprint density at radius 2 is 1.85 bits per heavy atom. The van der Waals surface area contributed by atoms with Crippen LogP contribution in [0.4, 0.5) is 36.4 Å². The van der Waals surface area contributed by atoms with E-state index in [1.54, 1.807) is 43.4 Å². The first-order chi connectivity index (χ1) is 16.0. The highest BCUT2D eigenvalue weighted by Gasteiger charge is 2.35. The summed E-state index contributed by atoms with van der Waals surface area (Å²) in [6.07, 6.45) is -0.917. The fourth-order valence-electron chi connectivity index (χ4n) is 2.92. The van der Waals surface area contributed by atoms with Crippen LogP contribution in [0.1, 0.15) is 16.7 Å². The molecule has 0 bridgehead atoms. The third kappa shape index (κ3) is 6.83. The Bertz CT molecular complexity index is 1150. The van der Waals surface area contributed by atoms with E-state index in [9.17, 15) is 17.4 Å². The number of alkyl halides is 3. The summed E-state index contributed by atoms with van der Waals surface area (Å²) >= 11 is 0. The molecule has 1 aromatic carbocycles. The van der Waals surface area contributed by atoms with Gasteiger partial charge in [0.25, 0.3) is 0 Å². The Balaban J connectivity index is 1.84. The molecule has 0 spiro atoms. The van der Waals surface area contributed by atoms with Crippen LogP contribution in [0.3, 0.4) is 0 Å². The van der Waals surface area contributed by atoms with E-state index in [1.165, 1.54) is 16.8 Å². The van der Waals surface area contributed by atoms with Crippen LogP contribution in [0.25, 0.3) is 0 Å². The van der Waals surface area contributed by atoms with Crippen LogP contribution in [-0.4, -0.2) is 42.3 Å². The van der Waals surface area contributed by atoms with Gasteiger partial charge in [0.1, 0.15) is 28.2 Å². The van der Waals surface area contributed by atoms with Crippen LogP contribution in [0.2, 0.25) is 0 Å². The van der Waals surface area contributed by atoms with Crippen LogP contribution < -0.4 is 14.9 Å². The van der Waals surface area contributed by atoms with Crippen LogP contribution >= 0.6 is 8.38 Å². The molecule has 0 aliphatic carbocycles. The zero-order chi connectivity index (χ0) is 24.9. The number of aromatic nitrogens is 3. The third-order valence-electron chi connectivity index (χ3n) is 4.63. The molecule has 0 aliphatic heterocycles. The average molecular weight is 514 g/mol. The first-order valence-electron chi connectivity index (χ1n) is 9.75. The molecule has 34 heavy (non-hydrogen) atoms. The zero-order valence-electron chi connectivity index (χ0n) is 18.1. The van der Waals surface area contributed by atoms with E-state index >= 15 is 0 Å². The number of halogens is 3. The molecule has 0 aliphatic rings. The van der Waals surface area contributed by atoms with E-state index in [4.69, 9.17) is 9.79 Å². The summed E-state index contributed by atoms with van der Waals surface area (Å²) in [5.41, 5.74) is 0.703. The van der Waals surface area contributed by atoms with Gasteiger partial charge in [0.2, 0.25) is 5.95 Å². The SMILES string of the molecule is CN(c1ncccc1CNc1nc(Nc2ccc(CP(O)O)cc2)ncc1C(F)(F)F)S(C)=O. The predicted octanol–water partition coefficient (Wildman–Crippen LogP) is 3.77. The lowest BCUT2D eigenvalue weighted by atomic mass is 10.2. The number of hydrogen-bond donors (Lipinski definition) is 4. The van der Waals surface area contributed by atoms with Crippen LogP contribution in [-0.2, 0) is 29.9 Å². The van der Waals surface area contributed by atoms with Gasteiger partial charge in [-0.25, -0.2) is 14.2 Å². The predicted molar refractivity (Wildman–Crippen MR) is 126 cm³/mol. The summed E-state index contributed by atoms with van der Waals surface area (Å²) in [5.74, 6) is -0.123. The zero-order valence-corrected chi connectivity index (χ0v) is 19.8. The van der Waals surface area contributed by atoms with E-state index in [1.807, 2.05) is 0 Å². The Kier molecular flexibility index (Phi) is 8.37. The summed E-state index contributed by atoms with van der Waals surface area (Å²) in [7, 11) is -1.87. The molecule has 0 radical (unpaired) electrons. The fourth-order valence-corrected chi connectivity index (χ4v) is 3.87. The minimum Gasteiger partial charge on any atom is -0.365 e. The molecule has 9 nitrogen and oxygen atoms in total. The second-order valence-electron chi connectivity index (χ2n) is 7.07. The maximum atomic E-state index is 13.6. The van der Waals surface area contributed by atoms with Gasteiger partial charge in [-0.1, -0.05) is 18.2 Å². The van der Waals surface area contributed by atoms with Crippen molar-refractivity contribution in [2.45, 2.75) is 18.9 Å². The average Bonchev–Trinajstić information content (AvgIpc) is 2.77. The minimum atomic E-state index is -4.69. The lowest BCUT2D eigenvalue weighted by molar-refractivity contribution is -0.137. The summed E-state index contributed by atoms with van der Waals surface area (Å²) in [5, 5.41) is 5.53. The summed E-state index contributed by atoms with van der Waals surface area (Å²) in [6.45, 7) is -0.0513. The molecule has 2 aromatic heterocycles. The Labute approximate surface area is 197 Å². The van der Waals surface area contributed by atoms with Crippen LogP contribution in [0, 0.1) is 0 Å². The highest BCUT2D eigenvalue weighted by molar-refractivity contribution is 7.85. The largest absolute Gasteiger partial charge is 0.421 e. The Morgan fingerprint density at radius 1 is 1.15 bits per heavy atom. The van der Waals surface area contributed by atoms with Crippen molar-refractivity contribution in [2.75, 3.05) is 28.2 Å². The van der Waals surface area contributed by atoms with Crippen molar-refractivity contribution >= 4 is 42.6 Å². The molecule has 0 amide bonds. The van der Waals surface area contributed by atoms with E-state index in [0.717, 1.165) is 0 Å². The van der Waals surface area contributed by atoms with Crippen LogP contribution in [0.15, 0.2) is 48.8 Å². The third-order valence-corrected chi connectivity index (χ3v) is 6.22. The molecule has 1 unspecified atom stereocenters. The lowest BCUT2D eigenvalue weighted by Crippen LogP contribution is -2.22. The molecule has 1 atom stereocenters. The first-order valence-corrected chi connectivity index (χ1v) is 12.7. The summed E-state index contributed by atoms with van der Waals surface area (Å²) in [6, 6.07) is 9.87. The molecular weight excluding hydrogens is 492 g/mol. The highest BCUT2D eigenvalue weighted by atomic mass is 32.2. The van der Waals surface area contributed by atoms with Gasteiger partial charge in [-0.3, -0.25) is 4.31 Å². The topological polar surface area (TPSA) is 124 Å². The van der Waals surface area contributed by atoms with E-state index < -0.39 is 36.9 Å². The number of anilines is 4. The van der Waals surface area contributed by atoms with Gasteiger partial charge >= 0.3 is 6.18 Å². The van der Waals surface area contributed by atoms with Gasteiger partial charge in [-0.2, -0.15) is 18.2 Å². The molecular formula is C20H22F3N6O3PS. The van der Waals surface area contributed by atoms with Crippen LogP contribution in [0.5, 0.6) is 0 Å². The molecule has 2 heterocycles. The van der Waals surface area contributed by atoms with Crippen molar-refractivity contribution in [3.05, 3.63) is 65.5 Å². The van der Waals surface area contributed by atoms with Crippen molar-refractivity contribution in [1.29, 1.82) is 0 Å². The maximum Gasteiger partial charge on any atom is 0.421 e. The second kappa shape index (κ2) is 11.0. The molecule has 14 heteroatoms. The van der Waals surface area contributed by atoms with Gasteiger partial charge < -0.3 is 20.4 Å². The number of pyridine rings is 1. The van der Waals surface area contributed by atoms with Crippen molar-refractivity contribution in [1.82, 2.24) is 15.0 Å². The van der Waals surface area contributed by atoms with Crippen molar-refractivity contribution in [2.24, 2.45) is 0 Å². The van der Waals surface area contributed by atoms with E-state index in [-0.39, 0.29) is 18.7 Å².